The van der Waals surface area contributed by atoms with Crippen molar-refractivity contribution in [1.82, 2.24) is 30.2 Å². The largest absolute Gasteiger partial charge is 0.416 e. The topological polar surface area (TPSA) is 158 Å². The molecule has 47 heavy (non-hydrogen) atoms. The van der Waals surface area contributed by atoms with Crippen LogP contribution < -0.4 is 21.3 Å². The highest BCUT2D eigenvalue weighted by Crippen LogP contribution is 2.33. The smallest absolute Gasteiger partial charge is 0.387 e. The number of carbonyl (C=O) groups excluding carboxylic acids is 1. The van der Waals surface area contributed by atoms with Gasteiger partial charge in [-0.2, -0.15) is 13.2 Å². The van der Waals surface area contributed by atoms with E-state index in [9.17, 15) is 32.6 Å². The molecule has 1 unspecified atom stereocenters. The number of fused-ring (bicyclic) bond motifs is 1. The number of aliphatic hydroxyl groups excluding tert-OH is 2. The summed E-state index contributed by atoms with van der Waals surface area (Å²) in [6, 6.07) is 9.64. The van der Waals surface area contributed by atoms with Crippen LogP contribution in [0.1, 0.15) is 30.7 Å². The SMILES string of the molecule is CC(C=C[C@H]1O[C@@H](n2cnc3c(NCc4cccc(F)c4)ncnc32)[C@H](O)[C@@H]1O)NCCCNC(=O)Nc1ccc(C(F)(F)F)cc1. The molecule has 0 saturated carbocycles. The lowest BCUT2D eigenvalue weighted by Gasteiger charge is -2.16. The van der Waals surface area contributed by atoms with Crippen LogP contribution in [-0.4, -0.2) is 73.2 Å². The van der Waals surface area contributed by atoms with Gasteiger partial charge in [-0.25, -0.2) is 24.1 Å². The molecule has 4 aromatic rings. The van der Waals surface area contributed by atoms with Crippen molar-refractivity contribution in [3.05, 3.63) is 90.3 Å². The van der Waals surface area contributed by atoms with Crippen molar-refractivity contribution in [1.29, 1.82) is 0 Å². The first-order chi connectivity index (χ1) is 22.5. The molecule has 0 spiro atoms. The van der Waals surface area contributed by atoms with E-state index in [0.29, 0.717) is 48.6 Å². The number of halogens is 4. The van der Waals surface area contributed by atoms with Gasteiger partial charge in [0.1, 0.15) is 30.5 Å². The van der Waals surface area contributed by atoms with E-state index in [0.717, 1.165) is 12.1 Å². The summed E-state index contributed by atoms with van der Waals surface area (Å²) < 4.78 is 59.1. The van der Waals surface area contributed by atoms with E-state index >= 15 is 0 Å². The molecule has 16 heteroatoms. The zero-order valence-corrected chi connectivity index (χ0v) is 25.2. The van der Waals surface area contributed by atoms with Gasteiger partial charge in [0.2, 0.25) is 0 Å². The summed E-state index contributed by atoms with van der Waals surface area (Å²) in [6.07, 6.45) is -1.95. The van der Waals surface area contributed by atoms with Crippen molar-refractivity contribution in [3.63, 3.8) is 0 Å². The summed E-state index contributed by atoms with van der Waals surface area (Å²) >= 11 is 0. The monoisotopic (exact) mass is 658 g/mol. The van der Waals surface area contributed by atoms with Crippen molar-refractivity contribution in [3.8, 4) is 0 Å². The van der Waals surface area contributed by atoms with Crippen LogP contribution in [-0.2, 0) is 17.5 Å². The van der Waals surface area contributed by atoms with Crippen LogP contribution >= 0.6 is 0 Å². The van der Waals surface area contributed by atoms with Crippen LogP contribution in [0.2, 0.25) is 0 Å². The van der Waals surface area contributed by atoms with Crippen LogP contribution in [0.15, 0.2) is 73.3 Å². The van der Waals surface area contributed by atoms with Gasteiger partial charge in [0.25, 0.3) is 0 Å². The number of alkyl halides is 3. The average Bonchev–Trinajstić information content (AvgIpc) is 3.59. The highest BCUT2D eigenvalue weighted by molar-refractivity contribution is 5.89. The van der Waals surface area contributed by atoms with Gasteiger partial charge in [-0.05, 0) is 61.9 Å². The fourth-order valence-corrected chi connectivity index (χ4v) is 4.96. The fraction of sp³-hybridized carbons (Fsp3) is 0.355. The lowest BCUT2D eigenvalue weighted by molar-refractivity contribution is -0.137. The summed E-state index contributed by atoms with van der Waals surface area (Å²) in [6.45, 7) is 3.03. The Morgan fingerprint density at radius 3 is 2.62 bits per heavy atom. The number of imidazole rings is 1. The van der Waals surface area contributed by atoms with Gasteiger partial charge >= 0.3 is 12.2 Å². The quantitative estimate of drug-likeness (QED) is 0.0753. The third-order valence-corrected chi connectivity index (χ3v) is 7.42. The minimum Gasteiger partial charge on any atom is -0.387 e. The minimum absolute atomic E-state index is 0.142. The lowest BCUT2D eigenvalue weighted by atomic mass is 10.1. The number of nitrogens with one attached hydrogen (secondary N) is 4. The summed E-state index contributed by atoms with van der Waals surface area (Å²) in [5, 5.41) is 33.0. The van der Waals surface area contributed by atoms with Crippen molar-refractivity contribution >= 4 is 28.7 Å². The van der Waals surface area contributed by atoms with Gasteiger partial charge in [-0.3, -0.25) is 4.57 Å². The first-order valence-electron chi connectivity index (χ1n) is 14.8. The van der Waals surface area contributed by atoms with E-state index < -0.39 is 42.3 Å². The zero-order valence-electron chi connectivity index (χ0n) is 25.2. The number of benzene rings is 2. The number of rotatable bonds is 12. The number of anilines is 2. The van der Waals surface area contributed by atoms with E-state index in [-0.39, 0.29) is 17.5 Å². The normalized spacial score (nSPS) is 20.5. The van der Waals surface area contributed by atoms with Crippen LogP contribution in [0.3, 0.4) is 0 Å². The molecule has 0 radical (unpaired) electrons. The van der Waals surface area contributed by atoms with Gasteiger partial charge < -0.3 is 36.2 Å². The molecule has 2 amide bonds. The highest BCUT2D eigenvalue weighted by Gasteiger charge is 2.43. The van der Waals surface area contributed by atoms with Gasteiger partial charge in [0.15, 0.2) is 23.2 Å². The molecule has 1 aliphatic rings. The number of hydrogen-bond donors (Lipinski definition) is 6. The first kappa shape index (κ1) is 33.7. The molecule has 0 aliphatic carbocycles. The van der Waals surface area contributed by atoms with Crippen molar-refractivity contribution in [2.75, 3.05) is 23.7 Å². The Kier molecular flexibility index (Phi) is 10.7. The zero-order chi connectivity index (χ0) is 33.6. The summed E-state index contributed by atoms with van der Waals surface area (Å²) in [5.74, 6) is 0.0661. The molecule has 5 atom stereocenters. The number of amides is 2. The molecular weight excluding hydrogens is 624 g/mol. The number of ether oxygens (including phenoxy) is 1. The number of carbonyl (C=O) groups is 1. The van der Waals surface area contributed by atoms with E-state index in [1.54, 1.807) is 24.3 Å². The summed E-state index contributed by atoms with van der Waals surface area (Å²) in [4.78, 5) is 24.9. The molecule has 12 nitrogen and oxygen atoms in total. The van der Waals surface area contributed by atoms with Crippen LogP contribution in [0.4, 0.5) is 33.9 Å². The molecule has 6 N–H and O–H groups in total. The molecule has 1 saturated heterocycles. The molecule has 0 bridgehead atoms. The third-order valence-electron chi connectivity index (χ3n) is 7.42. The minimum atomic E-state index is -4.45. The maximum Gasteiger partial charge on any atom is 0.416 e. The Bertz CT molecular complexity index is 1680. The number of hydrogen-bond acceptors (Lipinski definition) is 9. The second-order valence-electron chi connectivity index (χ2n) is 10.9. The predicted molar refractivity (Wildman–Crippen MR) is 165 cm³/mol. The number of aliphatic hydroxyl groups is 2. The van der Waals surface area contributed by atoms with E-state index in [1.807, 2.05) is 6.92 Å². The number of aromatic nitrogens is 4. The Hall–Kier alpha value is -4.64. The molecule has 3 heterocycles. The standard InChI is InChI=1S/C31H34F4N8O4/c1-18(36-12-3-13-37-30(46)42-22-9-7-20(8-10-22)31(33,34)35)6-11-23-25(44)26(45)29(47-23)43-17-41-24-27(39-16-40-28(24)43)38-15-19-4-2-5-21(32)14-19/h2,4-11,14,16-18,23,25-26,29,36,44-45H,3,12-13,15H2,1H3,(H2,37,42,46)(H,38,39,40)/t18?,23-,25-,26-,29-/m1/s1. The predicted octanol–water partition coefficient (Wildman–Crippen LogP) is 3.96. The fourth-order valence-electron chi connectivity index (χ4n) is 4.96. The van der Waals surface area contributed by atoms with Crippen molar-refractivity contribution in [2.24, 2.45) is 0 Å². The second kappa shape index (κ2) is 14.8. The van der Waals surface area contributed by atoms with Crippen molar-refractivity contribution in [2.45, 2.75) is 56.6 Å². The van der Waals surface area contributed by atoms with Gasteiger partial charge in [0, 0.05) is 24.8 Å². The van der Waals surface area contributed by atoms with E-state index in [1.165, 1.54) is 41.5 Å². The maximum atomic E-state index is 13.5. The third kappa shape index (κ3) is 8.59. The molecular formula is C31H34F4N8O4. The van der Waals surface area contributed by atoms with Gasteiger partial charge in [-0.1, -0.05) is 24.3 Å². The van der Waals surface area contributed by atoms with E-state index in [4.69, 9.17) is 4.74 Å². The molecule has 1 fully saturated rings. The Morgan fingerprint density at radius 1 is 1.09 bits per heavy atom. The van der Waals surface area contributed by atoms with Crippen LogP contribution in [0.25, 0.3) is 11.2 Å². The van der Waals surface area contributed by atoms with E-state index in [2.05, 4.69) is 36.2 Å². The molecule has 2 aromatic carbocycles. The van der Waals surface area contributed by atoms with Gasteiger partial charge in [-0.15, -0.1) is 0 Å². The molecule has 2 aromatic heterocycles. The summed E-state index contributed by atoms with van der Waals surface area (Å²) in [5.41, 5.74) is 0.945. The summed E-state index contributed by atoms with van der Waals surface area (Å²) in [7, 11) is 0. The Labute approximate surface area is 266 Å². The van der Waals surface area contributed by atoms with Crippen LogP contribution in [0.5, 0.6) is 0 Å². The average molecular weight is 659 g/mol. The molecule has 5 rings (SSSR count). The molecule has 250 valence electrons. The Morgan fingerprint density at radius 2 is 1.87 bits per heavy atom. The van der Waals surface area contributed by atoms with Crippen LogP contribution in [0, 0.1) is 5.82 Å². The molecule has 1 aliphatic heterocycles. The maximum absolute atomic E-state index is 13.5. The van der Waals surface area contributed by atoms with Gasteiger partial charge in [0.05, 0.1) is 11.9 Å². The number of nitrogens with zero attached hydrogens (tertiary/aromatic N) is 4. The second-order valence-corrected chi connectivity index (χ2v) is 10.9. The highest BCUT2D eigenvalue weighted by atomic mass is 19.4. The first-order valence-corrected chi connectivity index (χ1v) is 14.8. The Balaban J connectivity index is 1.07. The number of urea groups is 1. The van der Waals surface area contributed by atoms with Crippen molar-refractivity contribution < 1.29 is 37.3 Å². The lowest BCUT2D eigenvalue weighted by Crippen LogP contribution is -2.33.